The van der Waals surface area contributed by atoms with E-state index in [4.69, 9.17) is 14.2 Å². The van der Waals surface area contributed by atoms with E-state index in [-0.39, 0.29) is 36.2 Å². The fourth-order valence-electron chi connectivity index (χ4n) is 6.97. The Hall–Kier alpha value is -5.09. The van der Waals surface area contributed by atoms with Gasteiger partial charge >= 0.3 is 30.1 Å². The number of carbonyl (C=O) groups is 4. The first-order chi connectivity index (χ1) is 28.8. The average Bonchev–Trinajstić information content (AvgIpc) is 4.04. The molecule has 326 valence electrons. The Morgan fingerprint density at radius 3 is 1.87 bits per heavy atom. The minimum absolute atomic E-state index is 0.0837. The molecule has 9 nitrogen and oxygen atoms in total. The highest BCUT2D eigenvalue weighted by molar-refractivity contribution is 7.18. The van der Waals surface area contributed by atoms with Gasteiger partial charge in [0.25, 0.3) is 0 Å². The third-order valence-electron chi connectivity index (χ3n) is 9.76. The number of hydrogen-bond acceptors (Lipinski definition) is 12. The van der Waals surface area contributed by atoms with Crippen molar-refractivity contribution < 1.29 is 56.4 Å². The zero-order valence-electron chi connectivity index (χ0n) is 34.7. The van der Waals surface area contributed by atoms with Gasteiger partial charge in [0, 0.05) is 35.7 Å². The van der Waals surface area contributed by atoms with Crippen LogP contribution in [-0.4, -0.2) is 47.9 Å². The topological polar surface area (TPSA) is 125 Å². The largest absolute Gasteiger partial charge is 0.466 e. The number of ether oxygens (including phenoxy) is 4. The summed E-state index contributed by atoms with van der Waals surface area (Å²) < 4.78 is 60.1. The highest BCUT2D eigenvalue weighted by atomic mass is 32.1. The molecule has 15 heteroatoms. The molecule has 4 unspecified atom stereocenters. The fraction of sp³-hybridized carbons (Fsp3) is 0.348. The molecule has 0 amide bonds. The van der Waals surface area contributed by atoms with Gasteiger partial charge in [0.1, 0.15) is 17.2 Å². The van der Waals surface area contributed by atoms with E-state index in [1.54, 1.807) is 59.1 Å². The van der Waals surface area contributed by atoms with E-state index in [2.05, 4.69) is 11.3 Å². The molecule has 2 saturated carbocycles. The summed E-state index contributed by atoms with van der Waals surface area (Å²) in [5, 5.41) is 18.8. The first kappa shape index (κ1) is 48.6. The second-order valence-corrected chi connectivity index (χ2v) is 17.6. The van der Waals surface area contributed by atoms with E-state index in [1.807, 2.05) is 70.7 Å². The van der Waals surface area contributed by atoms with Crippen LogP contribution in [0.3, 0.4) is 0 Å². The van der Waals surface area contributed by atoms with Gasteiger partial charge in [-0.15, -0.1) is 34.0 Å². The zero-order valence-corrected chi connectivity index (χ0v) is 37.2. The van der Waals surface area contributed by atoms with Gasteiger partial charge in [-0.05, 0) is 150 Å². The van der Waals surface area contributed by atoms with Crippen molar-refractivity contribution in [2.45, 2.75) is 78.5 Å². The summed E-state index contributed by atoms with van der Waals surface area (Å²) in [6.45, 7) is 10.1. The second kappa shape index (κ2) is 22.1. The lowest BCUT2D eigenvalue weighted by Crippen LogP contribution is -2.44. The number of hydrogen-bond donors (Lipinski definition) is 1. The molecule has 0 spiro atoms. The summed E-state index contributed by atoms with van der Waals surface area (Å²) in [7, 11) is 1.33. The molecule has 1 N–H and O–H groups in total. The lowest BCUT2D eigenvalue weighted by atomic mass is 9.81. The molecule has 6 aromatic rings. The van der Waals surface area contributed by atoms with Gasteiger partial charge in [0.15, 0.2) is 5.60 Å². The Balaban J connectivity index is 0.000000171. The molecule has 2 aliphatic rings. The van der Waals surface area contributed by atoms with E-state index in [0.717, 1.165) is 46.4 Å². The lowest BCUT2D eigenvalue weighted by molar-refractivity contribution is -0.259. The number of alkyl halides is 3. The summed E-state index contributed by atoms with van der Waals surface area (Å²) >= 11 is 4.89. The van der Waals surface area contributed by atoms with Crippen LogP contribution in [0, 0.1) is 17.8 Å². The predicted molar refractivity (Wildman–Crippen MR) is 236 cm³/mol. The Labute approximate surface area is 364 Å². The van der Waals surface area contributed by atoms with Crippen molar-refractivity contribution in [3.05, 3.63) is 101 Å². The maximum Gasteiger partial charge on any atom is 0.416 e. The molecule has 4 atom stereocenters. The third kappa shape index (κ3) is 14.8. The number of thiophene rings is 3. The van der Waals surface area contributed by atoms with Gasteiger partial charge in [0.05, 0.1) is 11.8 Å². The quantitative estimate of drug-likeness (QED) is 0.0988. The Kier molecular flexibility index (Phi) is 17.6. The van der Waals surface area contributed by atoms with Crippen LogP contribution in [0.5, 0.6) is 17.2 Å². The third-order valence-corrected chi connectivity index (χ3v) is 12.5. The zero-order chi connectivity index (χ0) is 44.9. The van der Waals surface area contributed by atoms with Crippen molar-refractivity contribution in [1.29, 1.82) is 0 Å². The van der Waals surface area contributed by atoms with Crippen LogP contribution >= 0.6 is 34.0 Å². The minimum atomic E-state index is -4.49. The van der Waals surface area contributed by atoms with Crippen LogP contribution in [0.1, 0.15) is 66.7 Å². The van der Waals surface area contributed by atoms with Crippen LogP contribution in [0.2, 0.25) is 0 Å². The molecule has 3 aromatic heterocycles. The monoisotopic (exact) mass is 898 g/mol. The molecule has 2 bridgehead atoms. The molecule has 61 heavy (non-hydrogen) atoms. The molecular weight excluding hydrogens is 850 g/mol. The molecule has 0 radical (unpaired) electrons. The van der Waals surface area contributed by atoms with Crippen LogP contribution < -0.4 is 14.2 Å². The van der Waals surface area contributed by atoms with Crippen molar-refractivity contribution in [2.75, 3.05) is 7.11 Å². The van der Waals surface area contributed by atoms with E-state index < -0.39 is 11.8 Å². The standard InChI is InChI=1S/C11H17F3O.3C10H8O2S.C5H8O2/c1-10(15,11(12,13)14)6-9-5-7-2-3-8(9)4-7;1-7(11)12-9-2-3-10-8(6-9)4-5-13-10;1-7(11)12-9-3-2-8-4-5-13-10(8)6-9;1-7(11)12-9-4-2-3-8-5-6-13-10(8)9;1-4(2)5(6)7-3/h7-9,15H,2-6H2,1H3;3*2-6H,1H3;1H2,2-3H3. The molecule has 0 saturated heterocycles. The van der Waals surface area contributed by atoms with Gasteiger partial charge in [-0.25, -0.2) is 4.79 Å². The fourth-order valence-corrected chi connectivity index (χ4v) is 9.40. The van der Waals surface area contributed by atoms with Gasteiger partial charge < -0.3 is 24.1 Å². The maximum absolute atomic E-state index is 12.5. The number of rotatable bonds is 6. The first-order valence-corrected chi connectivity index (χ1v) is 21.9. The van der Waals surface area contributed by atoms with Crippen molar-refractivity contribution in [2.24, 2.45) is 17.8 Å². The highest BCUT2D eigenvalue weighted by Gasteiger charge is 2.53. The lowest BCUT2D eigenvalue weighted by Gasteiger charge is -2.32. The van der Waals surface area contributed by atoms with Gasteiger partial charge in [-0.2, -0.15) is 13.2 Å². The minimum Gasteiger partial charge on any atom is -0.466 e. The molecule has 2 fully saturated rings. The van der Waals surface area contributed by atoms with Crippen molar-refractivity contribution in [1.82, 2.24) is 0 Å². The molecule has 2 aliphatic carbocycles. The number of carbonyl (C=O) groups excluding carboxylic acids is 4. The maximum atomic E-state index is 12.5. The normalized spacial score (nSPS) is 17.1. The van der Waals surface area contributed by atoms with E-state index in [1.165, 1.54) is 44.4 Å². The summed E-state index contributed by atoms with van der Waals surface area (Å²) in [6, 6.07) is 23.0. The molecule has 8 rings (SSSR count). The second-order valence-electron chi connectivity index (χ2n) is 14.8. The van der Waals surface area contributed by atoms with E-state index in [9.17, 15) is 37.5 Å². The van der Waals surface area contributed by atoms with Crippen molar-refractivity contribution >= 4 is 88.1 Å². The van der Waals surface area contributed by atoms with Crippen LogP contribution in [-0.2, 0) is 23.9 Å². The van der Waals surface area contributed by atoms with Gasteiger partial charge in [-0.1, -0.05) is 25.1 Å². The van der Waals surface area contributed by atoms with Crippen molar-refractivity contribution in [3.8, 4) is 17.2 Å². The number of esters is 4. The first-order valence-electron chi connectivity index (χ1n) is 19.2. The molecular formula is C46H49F3O9S3. The Morgan fingerprint density at radius 1 is 0.721 bits per heavy atom. The SMILES string of the molecule is C=C(C)C(=O)OC.CC(=O)Oc1ccc2ccsc2c1.CC(=O)Oc1ccc2sccc2c1.CC(=O)Oc1cccc2ccsc12.CC(O)(CC1CC2CCC1C2)C(F)(F)F. The van der Waals surface area contributed by atoms with Crippen molar-refractivity contribution in [3.63, 3.8) is 0 Å². The van der Waals surface area contributed by atoms with Gasteiger partial charge in [0.2, 0.25) is 0 Å². The molecule has 3 aromatic carbocycles. The molecule has 3 heterocycles. The van der Waals surface area contributed by atoms with Crippen LogP contribution in [0.4, 0.5) is 13.2 Å². The average molecular weight is 899 g/mol. The molecule has 0 aliphatic heterocycles. The predicted octanol–water partition coefficient (Wildman–Crippen LogP) is 12.3. The summed E-state index contributed by atoms with van der Waals surface area (Å²) in [5.41, 5.74) is -2.06. The van der Waals surface area contributed by atoms with Gasteiger partial charge in [-0.3, -0.25) is 14.4 Å². The Bertz CT molecular complexity index is 2340. The number of methoxy groups -OCH3 is 1. The van der Waals surface area contributed by atoms with Crippen LogP contribution in [0.25, 0.3) is 30.3 Å². The van der Waals surface area contributed by atoms with E-state index >= 15 is 0 Å². The number of halogens is 3. The van der Waals surface area contributed by atoms with Crippen LogP contribution in [0.15, 0.2) is 101 Å². The number of fused-ring (bicyclic) bond motifs is 5. The highest BCUT2D eigenvalue weighted by Crippen LogP contribution is 2.52. The van der Waals surface area contributed by atoms with E-state index in [0.29, 0.717) is 34.7 Å². The number of benzene rings is 3. The smallest absolute Gasteiger partial charge is 0.416 e. The number of aliphatic hydroxyl groups is 1. The summed E-state index contributed by atoms with van der Waals surface area (Å²) in [6.07, 6.45) is -0.402. The Morgan fingerprint density at radius 2 is 1.31 bits per heavy atom. The summed E-state index contributed by atoms with van der Waals surface area (Å²) in [4.78, 5) is 42.3. The summed E-state index contributed by atoms with van der Waals surface area (Å²) in [5.74, 6) is 1.83.